The van der Waals surface area contributed by atoms with E-state index in [1.54, 1.807) is 0 Å². The number of aromatic nitrogens is 2. The fourth-order valence-corrected chi connectivity index (χ4v) is 3.28. The summed E-state index contributed by atoms with van der Waals surface area (Å²) in [5, 5.41) is 8.98. The average Bonchev–Trinajstić information content (AvgIpc) is 3.10. The van der Waals surface area contributed by atoms with Crippen molar-refractivity contribution in [1.82, 2.24) is 14.3 Å². The second kappa shape index (κ2) is 5.91. The summed E-state index contributed by atoms with van der Waals surface area (Å²) >= 11 is 5.89. The molecule has 6 nitrogen and oxygen atoms in total. The van der Waals surface area contributed by atoms with Crippen molar-refractivity contribution >= 4 is 29.1 Å². The number of alkyl halides is 3. The van der Waals surface area contributed by atoms with Crippen molar-refractivity contribution in [2.75, 3.05) is 6.54 Å². The number of likely N-dealkylation sites (tertiary alicyclic amines) is 1. The molecular weight excluding hydrogens is 363 g/mol. The molecule has 0 spiro atoms. The number of fused-ring (bicyclic) bond motifs is 1. The first kappa shape index (κ1) is 17.5. The van der Waals surface area contributed by atoms with Gasteiger partial charge in [-0.2, -0.15) is 13.2 Å². The van der Waals surface area contributed by atoms with Crippen LogP contribution < -0.4 is 0 Å². The fourth-order valence-electron chi connectivity index (χ4n) is 3.03. The van der Waals surface area contributed by atoms with Gasteiger partial charge in [-0.25, -0.2) is 9.78 Å². The molecule has 0 aromatic carbocycles. The van der Waals surface area contributed by atoms with Gasteiger partial charge in [-0.1, -0.05) is 11.6 Å². The molecule has 0 saturated carbocycles. The molecular formula is C15H13ClF3N3O3. The summed E-state index contributed by atoms with van der Waals surface area (Å²) in [7, 11) is 0. The number of nitrogens with zero attached hydrogens (tertiary/aromatic N) is 3. The number of imidazole rings is 1. The van der Waals surface area contributed by atoms with Gasteiger partial charge in [0.05, 0.1) is 16.3 Å². The Morgan fingerprint density at radius 2 is 2.08 bits per heavy atom. The number of carboxylic acids is 1. The molecule has 134 valence electrons. The molecule has 1 amide bonds. The summed E-state index contributed by atoms with van der Waals surface area (Å²) in [6.45, 7) is 1.69. The van der Waals surface area contributed by atoms with Gasteiger partial charge in [0.25, 0.3) is 5.91 Å². The molecule has 1 fully saturated rings. The highest BCUT2D eigenvalue weighted by Crippen LogP contribution is 2.33. The maximum atomic E-state index is 13.0. The molecule has 3 rings (SSSR count). The third-order valence-corrected chi connectivity index (χ3v) is 4.46. The second-order valence-corrected chi connectivity index (χ2v) is 6.22. The van der Waals surface area contributed by atoms with Crippen molar-refractivity contribution < 1.29 is 27.9 Å². The topological polar surface area (TPSA) is 74.9 Å². The number of halogens is 4. The standard InChI is InChI=1S/C15H13ClF3N3O3/c1-7-11(13(23)21-4-2-3-10(21)14(24)25)22-6-8(15(17,18)19)5-9(16)12(22)20-7/h5-6,10H,2-4H2,1H3,(H,24,25). The van der Waals surface area contributed by atoms with Crippen LogP contribution in [0.5, 0.6) is 0 Å². The number of carboxylic acid groups (broad SMARTS) is 1. The van der Waals surface area contributed by atoms with Crippen LogP contribution in [0.15, 0.2) is 12.3 Å². The van der Waals surface area contributed by atoms with Gasteiger partial charge in [-0.3, -0.25) is 9.20 Å². The van der Waals surface area contributed by atoms with Crippen LogP contribution in [0.1, 0.15) is 34.6 Å². The molecule has 1 aliphatic rings. The molecule has 0 aliphatic carbocycles. The van der Waals surface area contributed by atoms with Crippen LogP contribution in [-0.2, 0) is 11.0 Å². The molecule has 0 bridgehead atoms. The number of aliphatic carboxylic acids is 1. The Kier molecular flexibility index (Phi) is 4.14. The largest absolute Gasteiger partial charge is 0.480 e. The first-order chi connectivity index (χ1) is 11.6. The zero-order chi connectivity index (χ0) is 18.5. The second-order valence-electron chi connectivity index (χ2n) is 5.81. The van der Waals surface area contributed by atoms with Crippen LogP contribution in [0, 0.1) is 6.92 Å². The van der Waals surface area contributed by atoms with E-state index in [0.717, 1.165) is 21.6 Å². The molecule has 2 aromatic rings. The smallest absolute Gasteiger partial charge is 0.417 e. The highest BCUT2D eigenvalue weighted by molar-refractivity contribution is 6.33. The Labute approximate surface area is 144 Å². The number of hydrogen-bond donors (Lipinski definition) is 1. The third-order valence-electron chi connectivity index (χ3n) is 4.18. The van der Waals surface area contributed by atoms with E-state index < -0.39 is 29.7 Å². The predicted molar refractivity (Wildman–Crippen MR) is 81.6 cm³/mol. The SMILES string of the molecule is Cc1nc2c(Cl)cc(C(F)(F)F)cn2c1C(=O)N1CCCC1C(=O)O. The summed E-state index contributed by atoms with van der Waals surface area (Å²) in [5.41, 5.74) is -0.937. The molecule has 3 heterocycles. The van der Waals surface area contributed by atoms with Gasteiger partial charge < -0.3 is 10.0 Å². The van der Waals surface area contributed by atoms with E-state index in [1.807, 2.05) is 0 Å². The maximum absolute atomic E-state index is 13.0. The number of amides is 1. The lowest BCUT2D eigenvalue weighted by Crippen LogP contribution is -2.41. The van der Waals surface area contributed by atoms with Crippen molar-refractivity contribution in [2.45, 2.75) is 32.0 Å². The molecule has 1 aliphatic heterocycles. The zero-order valence-electron chi connectivity index (χ0n) is 13.0. The number of carbonyl (C=O) groups is 2. The first-order valence-corrected chi connectivity index (χ1v) is 7.78. The van der Waals surface area contributed by atoms with Crippen LogP contribution in [0.2, 0.25) is 5.02 Å². The van der Waals surface area contributed by atoms with Crippen LogP contribution in [0.4, 0.5) is 13.2 Å². The normalized spacial score (nSPS) is 18.1. The van der Waals surface area contributed by atoms with E-state index in [-0.39, 0.29) is 28.6 Å². The van der Waals surface area contributed by atoms with E-state index in [1.165, 1.54) is 6.92 Å². The third kappa shape index (κ3) is 2.92. The Morgan fingerprint density at radius 1 is 1.40 bits per heavy atom. The Hall–Kier alpha value is -2.29. The molecule has 0 radical (unpaired) electrons. The Bertz CT molecular complexity index is 878. The molecule has 25 heavy (non-hydrogen) atoms. The van der Waals surface area contributed by atoms with Gasteiger partial charge in [-0.15, -0.1) is 0 Å². The summed E-state index contributed by atoms with van der Waals surface area (Å²) in [5.74, 6) is -1.82. The van der Waals surface area contributed by atoms with Gasteiger partial charge in [-0.05, 0) is 25.8 Å². The van der Waals surface area contributed by atoms with Crippen LogP contribution >= 0.6 is 11.6 Å². The molecule has 1 N–H and O–H groups in total. The van der Waals surface area contributed by atoms with E-state index in [0.29, 0.717) is 12.8 Å². The van der Waals surface area contributed by atoms with E-state index in [2.05, 4.69) is 4.98 Å². The quantitative estimate of drug-likeness (QED) is 0.875. The van der Waals surface area contributed by atoms with Gasteiger partial charge in [0.15, 0.2) is 5.65 Å². The zero-order valence-corrected chi connectivity index (χ0v) is 13.7. The number of pyridine rings is 1. The van der Waals surface area contributed by atoms with Gasteiger partial charge in [0.2, 0.25) is 0 Å². The number of carbonyl (C=O) groups excluding carboxylic acids is 1. The minimum atomic E-state index is -4.65. The lowest BCUT2D eigenvalue weighted by atomic mass is 10.2. The van der Waals surface area contributed by atoms with Gasteiger partial charge in [0, 0.05) is 12.7 Å². The summed E-state index contributed by atoms with van der Waals surface area (Å²) in [4.78, 5) is 29.3. The van der Waals surface area contributed by atoms with Crippen LogP contribution in [0.25, 0.3) is 5.65 Å². The number of aryl methyl sites for hydroxylation is 1. The minimum Gasteiger partial charge on any atom is -0.480 e. The molecule has 1 atom stereocenters. The van der Waals surface area contributed by atoms with Crippen LogP contribution in [0.3, 0.4) is 0 Å². The van der Waals surface area contributed by atoms with E-state index in [4.69, 9.17) is 11.6 Å². The lowest BCUT2D eigenvalue weighted by Gasteiger charge is -2.21. The van der Waals surface area contributed by atoms with Crippen LogP contribution in [-0.4, -0.2) is 43.9 Å². The molecule has 1 saturated heterocycles. The number of rotatable bonds is 2. The first-order valence-electron chi connectivity index (χ1n) is 7.40. The van der Waals surface area contributed by atoms with E-state index >= 15 is 0 Å². The summed E-state index contributed by atoms with van der Waals surface area (Å²) in [6, 6.07) is -0.258. The van der Waals surface area contributed by atoms with E-state index in [9.17, 15) is 27.9 Å². The Morgan fingerprint density at radius 3 is 2.68 bits per heavy atom. The van der Waals surface area contributed by atoms with Crippen molar-refractivity contribution in [3.05, 3.63) is 34.2 Å². The lowest BCUT2D eigenvalue weighted by molar-refractivity contribution is -0.141. The highest BCUT2D eigenvalue weighted by Gasteiger charge is 2.37. The fraction of sp³-hybridized carbons (Fsp3) is 0.400. The summed E-state index contributed by atoms with van der Waals surface area (Å²) < 4.78 is 40.1. The van der Waals surface area contributed by atoms with Crippen molar-refractivity contribution in [2.24, 2.45) is 0 Å². The van der Waals surface area contributed by atoms with Gasteiger partial charge >= 0.3 is 12.1 Å². The molecule has 10 heteroatoms. The maximum Gasteiger partial charge on any atom is 0.417 e. The van der Waals surface area contributed by atoms with Crippen molar-refractivity contribution in [3.63, 3.8) is 0 Å². The van der Waals surface area contributed by atoms with Crippen molar-refractivity contribution in [3.8, 4) is 0 Å². The molecule has 1 unspecified atom stereocenters. The summed E-state index contributed by atoms with van der Waals surface area (Å²) in [6.07, 6.45) is -3.09. The molecule has 2 aromatic heterocycles. The average molecular weight is 376 g/mol. The monoisotopic (exact) mass is 375 g/mol. The number of hydrogen-bond acceptors (Lipinski definition) is 3. The predicted octanol–water partition coefficient (Wildman–Crippen LogP) is 3.00. The minimum absolute atomic E-state index is 0.0154. The van der Waals surface area contributed by atoms with Crippen molar-refractivity contribution in [1.29, 1.82) is 0 Å². The van der Waals surface area contributed by atoms with Gasteiger partial charge in [0.1, 0.15) is 11.7 Å². The highest BCUT2D eigenvalue weighted by atomic mass is 35.5. The Balaban J connectivity index is 2.15.